The van der Waals surface area contributed by atoms with Crippen LogP contribution in [0.4, 0.5) is 0 Å². The average molecular weight is 918 g/mol. The first-order chi connectivity index (χ1) is 16.5. The van der Waals surface area contributed by atoms with E-state index in [4.69, 9.17) is 4.74 Å². The van der Waals surface area contributed by atoms with Crippen LogP contribution < -0.4 is 74.4 Å². The molecule has 7 nitrogen and oxygen atoms in total. The first-order valence-corrected chi connectivity index (χ1v) is 32.5. The first-order valence-electron chi connectivity index (χ1n) is 13.3. The average Bonchev–Trinajstić information content (AvgIpc) is 3.16. The fraction of sp³-hybridized carbons (Fsp3) is 0.760. The molecule has 0 atom stereocenters. The van der Waals surface area contributed by atoms with Gasteiger partial charge in [0.05, 0.1) is 0 Å². The summed E-state index contributed by atoms with van der Waals surface area (Å²) in [7, 11) is -10.2. The Morgan fingerprint density at radius 2 is 0.659 bits per heavy atom. The second-order valence-corrected chi connectivity index (χ2v) is 40.8. The maximum absolute atomic E-state index is 11.0. The zero-order chi connectivity index (χ0) is 31.4. The molecule has 0 N–H and O–H groups in total. The van der Waals surface area contributed by atoms with Crippen molar-refractivity contribution < 1.29 is 110 Å². The summed E-state index contributed by atoms with van der Waals surface area (Å²) in [6.45, 7) is 43.4. The van der Waals surface area contributed by atoms with Crippen molar-refractivity contribution in [3.63, 3.8) is 0 Å². The van der Waals surface area contributed by atoms with Gasteiger partial charge in [0.1, 0.15) is 0 Å². The fourth-order valence-corrected chi connectivity index (χ4v) is 24.8. The summed E-state index contributed by atoms with van der Waals surface area (Å²) in [4.78, 5) is 0. The maximum Gasteiger partial charge on any atom is 4.00 e. The summed E-state index contributed by atoms with van der Waals surface area (Å²) in [5, 5.41) is 33.2. The molecule has 1 aliphatic rings. The Bertz CT molecular complexity index is 657. The molecule has 1 heterocycles. The molecule has 0 amide bonds. The first kappa shape index (κ1) is 56.2. The van der Waals surface area contributed by atoms with Gasteiger partial charge in [0, 0.05) is 13.2 Å². The van der Waals surface area contributed by atoms with Crippen molar-refractivity contribution in [2.24, 2.45) is 0 Å². The van der Waals surface area contributed by atoms with Gasteiger partial charge >= 0.3 is 90.2 Å². The van der Waals surface area contributed by atoms with Crippen LogP contribution in [0.25, 0.3) is 13.9 Å². The van der Waals surface area contributed by atoms with E-state index in [2.05, 4.69) is 92.6 Å². The summed E-state index contributed by atoms with van der Waals surface area (Å²) in [6, 6.07) is 0. The van der Waals surface area contributed by atoms with Gasteiger partial charge in [-0.3, -0.25) is 0 Å². The molecule has 41 heavy (non-hydrogen) atoms. The van der Waals surface area contributed by atoms with Crippen molar-refractivity contribution in [2.45, 2.75) is 111 Å². The molecule has 0 radical (unpaired) electrons. The van der Waals surface area contributed by atoms with E-state index in [0.717, 1.165) is 13.2 Å². The molecule has 0 saturated carbocycles. The van der Waals surface area contributed by atoms with Gasteiger partial charge in [0.15, 0.2) is 0 Å². The van der Waals surface area contributed by atoms with Crippen LogP contribution >= 0.6 is 0 Å². The molecule has 0 spiro atoms. The molecule has 1 saturated heterocycles. The Balaban J connectivity index is -0.0000000997. The van der Waals surface area contributed by atoms with Crippen LogP contribution in [0.15, 0.2) is 35.9 Å². The molecule has 1 fully saturated rings. The van der Waals surface area contributed by atoms with E-state index in [-0.39, 0.29) is 106 Å². The van der Waals surface area contributed by atoms with E-state index in [1.54, 1.807) is 0 Å². The second-order valence-electron chi connectivity index (χ2n) is 14.1. The second kappa shape index (κ2) is 24.0. The van der Waals surface area contributed by atoms with Crippen LogP contribution in [-0.2, 0) is 4.74 Å². The molecule has 0 aromatic heterocycles. The summed E-state index contributed by atoms with van der Waals surface area (Å²) in [6.07, 6.45) is 2.56. The van der Waals surface area contributed by atoms with E-state index in [1.807, 2.05) is 39.3 Å². The molecule has 228 valence electrons. The molecular formula is C25H59N3Na2O4Si6U. The summed E-state index contributed by atoms with van der Waals surface area (Å²) >= 11 is 0. The molecule has 1 rings (SSSR count). The molecule has 0 aliphatic carbocycles. The monoisotopic (exact) mass is 917 g/mol. The van der Waals surface area contributed by atoms with Crippen molar-refractivity contribution in [2.75, 3.05) is 13.2 Å². The van der Waals surface area contributed by atoms with E-state index >= 15 is 0 Å². The zero-order valence-electron chi connectivity index (χ0n) is 29.9. The number of nitrogens with zero attached hydrogens (tertiary/aromatic N) is 3. The van der Waals surface area contributed by atoms with E-state index in [1.165, 1.54) is 12.8 Å². The maximum atomic E-state index is 11.0. The van der Waals surface area contributed by atoms with Crippen molar-refractivity contribution in [1.29, 1.82) is 0 Å². The SMILES string of the molecule is C1CCOC1.C=C([O-])[Si](C)(C)[N-][Si](C)(C)C.C=C([O-])[Si](C)(C)[N-][Si](C)(C)C.C=C([O-])[Si](C)(C)[N-][Si](C)(C)C.[Na+].[Na+].[U+4]. The normalized spacial score (nSPS) is 13.5. The third kappa shape index (κ3) is 37.2. The predicted molar refractivity (Wildman–Crippen MR) is 180 cm³/mol. The van der Waals surface area contributed by atoms with Crippen LogP contribution in [0.3, 0.4) is 0 Å². The Hall–Kier alpha value is 2.81. The van der Waals surface area contributed by atoms with Gasteiger partial charge in [0.25, 0.3) is 0 Å². The third-order valence-corrected chi connectivity index (χ3v) is 23.6. The number of hydrogen-bond donors (Lipinski definition) is 0. The zero-order valence-corrected chi connectivity index (χ0v) is 44.1. The van der Waals surface area contributed by atoms with Crippen molar-refractivity contribution >= 4 is 49.4 Å². The van der Waals surface area contributed by atoms with E-state index in [0.29, 0.717) is 0 Å². The van der Waals surface area contributed by atoms with Crippen molar-refractivity contribution in [3.8, 4) is 0 Å². The number of ether oxygens (including phenoxy) is 1. The van der Waals surface area contributed by atoms with Gasteiger partial charge in [-0.1, -0.05) is 148 Å². The molecule has 0 aromatic carbocycles. The van der Waals surface area contributed by atoms with Gasteiger partial charge in [-0.05, 0) is 12.8 Å². The number of hydrogen-bond acceptors (Lipinski definition) is 4. The van der Waals surface area contributed by atoms with Crippen LogP contribution in [0.5, 0.6) is 0 Å². The largest absolute Gasteiger partial charge is 4.00 e. The van der Waals surface area contributed by atoms with Crippen LogP contribution in [0, 0.1) is 31.1 Å². The molecular weight excluding hydrogens is 859 g/mol. The standard InChI is InChI=1S/3C7H18NOSi2.C4H8O.2Na.U/c3*1-7(9)11(5,6)8-10(2,3)4;1-2-4-5-3-1;;;/h3*9H,1H2,2-6H3;1-4H2;;;/q3*-1;;2*+1;+4/p-3. The van der Waals surface area contributed by atoms with Crippen LogP contribution in [-0.4, -0.2) is 62.6 Å². The third-order valence-electron chi connectivity index (χ3n) is 4.72. The molecule has 0 aromatic rings. The molecule has 0 unspecified atom stereocenters. The van der Waals surface area contributed by atoms with E-state index < -0.39 is 49.4 Å². The predicted octanol–water partition coefficient (Wildman–Crippen LogP) is 0.245. The van der Waals surface area contributed by atoms with E-state index in [9.17, 15) is 15.3 Å². The Labute approximate surface area is 329 Å². The Morgan fingerprint density at radius 3 is 0.707 bits per heavy atom. The van der Waals surface area contributed by atoms with Crippen LogP contribution in [0.2, 0.25) is 98.2 Å². The summed E-state index contributed by atoms with van der Waals surface area (Å²) < 4.78 is 18.8. The molecule has 16 heteroatoms. The Kier molecular flexibility index (Phi) is 32.9. The van der Waals surface area contributed by atoms with Gasteiger partial charge in [-0.2, -0.15) is 16.1 Å². The topological polar surface area (TPSA) is 121 Å². The Morgan fingerprint density at radius 1 is 0.488 bits per heavy atom. The molecule has 1 aliphatic heterocycles. The van der Waals surface area contributed by atoms with Crippen molar-refractivity contribution in [1.82, 2.24) is 0 Å². The smallest absolute Gasteiger partial charge is 0.880 e. The molecule has 0 bridgehead atoms. The minimum absolute atomic E-state index is 0. The van der Waals surface area contributed by atoms with Crippen molar-refractivity contribution in [3.05, 3.63) is 49.8 Å². The quantitative estimate of drug-likeness (QED) is 0.244. The van der Waals surface area contributed by atoms with Crippen LogP contribution in [0.1, 0.15) is 12.8 Å². The van der Waals surface area contributed by atoms with Gasteiger partial charge in [-0.15, -0.1) is 19.7 Å². The minimum Gasteiger partial charge on any atom is -0.880 e. The minimum atomic E-state index is -1.98. The summed E-state index contributed by atoms with van der Waals surface area (Å²) in [5.74, 6) is 0. The summed E-state index contributed by atoms with van der Waals surface area (Å²) in [5.41, 5.74) is 0. The van der Waals surface area contributed by atoms with Gasteiger partial charge in [0.2, 0.25) is 0 Å². The van der Waals surface area contributed by atoms with Gasteiger partial charge in [-0.25, -0.2) is 0 Å². The number of rotatable bonds is 9. The fourth-order valence-electron chi connectivity index (χ4n) is 3.21. The van der Waals surface area contributed by atoms with Gasteiger partial charge < -0.3 is 34.0 Å².